The number of hydrogen-bond acceptors (Lipinski definition) is 7. The first-order valence-electron chi connectivity index (χ1n) is 9.99. The van der Waals surface area contributed by atoms with Crippen LogP contribution in [0.4, 0.5) is 9.52 Å². The highest BCUT2D eigenvalue weighted by Crippen LogP contribution is 2.46. The average Bonchev–Trinajstić information content (AvgIpc) is 3.28. The monoisotopic (exact) mass is 468 g/mol. The van der Waals surface area contributed by atoms with E-state index in [0.29, 0.717) is 22.2 Å². The second-order valence-electron chi connectivity index (χ2n) is 7.42. The average molecular weight is 469 g/mol. The van der Waals surface area contributed by atoms with Crippen LogP contribution in [-0.4, -0.2) is 36.0 Å². The highest BCUT2D eigenvalue weighted by molar-refractivity contribution is 7.16. The van der Waals surface area contributed by atoms with Crippen LogP contribution in [0.25, 0.3) is 5.76 Å². The van der Waals surface area contributed by atoms with Crippen molar-refractivity contribution in [2.24, 2.45) is 0 Å². The Hall–Kier alpha value is -3.72. The van der Waals surface area contributed by atoms with Crippen molar-refractivity contribution in [2.75, 3.05) is 19.1 Å². The number of rotatable bonds is 5. The summed E-state index contributed by atoms with van der Waals surface area (Å²) in [4.78, 5) is 33.1. The van der Waals surface area contributed by atoms with Gasteiger partial charge in [-0.2, -0.15) is 0 Å². The van der Waals surface area contributed by atoms with Crippen molar-refractivity contribution in [3.63, 3.8) is 0 Å². The second kappa shape index (κ2) is 8.67. The van der Waals surface area contributed by atoms with E-state index in [2.05, 4.69) is 4.98 Å². The van der Waals surface area contributed by atoms with E-state index in [1.165, 1.54) is 54.7 Å². The third-order valence-corrected chi connectivity index (χ3v) is 6.59. The highest BCUT2D eigenvalue weighted by atomic mass is 32.1. The number of nitrogens with zero attached hydrogens (tertiary/aromatic N) is 2. The Morgan fingerprint density at radius 1 is 1.09 bits per heavy atom. The minimum absolute atomic E-state index is 0.149. The van der Waals surface area contributed by atoms with Crippen LogP contribution in [0.15, 0.2) is 48.0 Å². The molecule has 1 N–H and O–H groups in total. The van der Waals surface area contributed by atoms with Crippen LogP contribution in [0.2, 0.25) is 0 Å². The molecular formula is C24H21FN2O5S. The summed E-state index contributed by atoms with van der Waals surface area (Å²) in [7, 11) is 2.96. The number of ether oxygens (including phenoxy) is 2. The lowest BCUT2D eigenvalue weighted by atomic mass is 9.94. The Morgan fingerprint density at radius 3 is 2.36 bits per heavy atom. The van der Waals surface area contributed by atoms with Crippen LogP contribution in [0, 0.1) is 19.7 Å². The number of ketones is 1. The molecule has 1 aliphatic heterocycles. The maximum absolute atomic E-state index is 13.4. The quantitative estimate of drug-likeness (QED) is 0.336. The zero-order valence-electron chi connectivity index (χ0n) is 18.4. The van der Waals surface area contributed by atoms with E-state index >= 15 is 0 Å². The number of aliphatic hydroxyl groups is 1. The van der Waals surface area contributed by atoms with Crippen molar-refractivity contribution in [2.45, 2.75) is 19.9 Å². The Kier molecular flexibility index (Phi) is 5.90. The van der Waals surface area contributed by atoms with Gasteiger partial charge < -0.3 is 14.6 Å². The van der Waals surface area contributed by atoms with Gasteiger partial charge in [-0.25, -0.2) is 9.37 Å². The first kappa shape index (κ1) is 22.5. The van der Waals surface area contributed by atoms with E-state index in [9.17, 15) is 19.1 Å². The molecule has 0 saturated carbocycles. The van der Waals surface area contributed by atoms with Gasteiger partial charge in [0, 0.05) is 16.0 Å². The number of aromatic nitrogens is 1. The number of carbonyl (C=O) groups is 2. The molecule has 1 atom stereocenters. The summed E-state index contributed by atoms with van der Waals surface area (Å²) in [5.41, 5.74) is 1.22. The van der Waals surface area contributed by atoms with Crippen LogP contribution in [0.3, 0.4) is 0 Å². The molecule has 0 spiro atoms. The van der Waals surface area contributed by atoms with E-state index in [1.54, 1.807) is 18.2 Å². The summed E-state index contributed by atoms with van der Waals surface area (Å²) in [6.07, 6.45) is 0. The Morgan fingerprint density at radius 2 is 1.79 bits per heavy atom. The maximum atomic E-state index is 13.4. The molecule has 3 aromatic rings. The number of carbonyl (C=O) groups excluding carboxylic acids is 2. The fourth-order valence-corrected chi connectivity index (χ4v) is 4.64. The molecule has 1 unspecified atom stereocenters. The number of benzene rings is 2. The van der Waals surface area contributed by atoms with Crippen LogP contribution in [-0.2, 0) is 9.59 Å². The van der Waals surface area contributed by atoms with Crippen LogP contribution in [0.1, 0.15) is 27.7 Å². The topological polar surface area (TPSA) is 89.0 Å². The zero-order valence-corrected chi connectivity index (χ0v) is 19.2. The highest BCUT2D eigenvalue weighted by Gasteiger charge is 2.49. The molecule has 1 aromatic heterocycles. The van der Waals surface area contributed by atoms with Gasteiger partial charge in [0.1, 0.15) is 29.1 Å². The van der Waals surface area contributed by atoms with Crippen LogP contribution in [0.5, 0.6) is 11.5 Å². The normalized spacial score (nSPS) is 17.5. The van der Waals surface area contributed by atoms with Crippen molar-refractivity contribution in [3.05, 3.63) is 75.6 Å². The van der Waals surface area contributed by atoms with Gasteiger partial charge >= 0.3 is 5.91 Å². The lowest BCUT2D eigenvalue weighted by Crippen LogP contribution is -2.29. The molecule has 1 fully saturated rings. The van der Waals surface area contributed by atoms with Gasteiger partial charge in [-0.3, -0.25) is 14.5 Å². The predicted octanol–water partition coefficient (Wildman–Crippen LogP) is 4.54. The lowest BCUT2D eigenvalue weighted by molar-refractivity contribution is -0.132. The molecule has 170 valence electrons. The zero-order chi connectivity index (χ0) is 23.9. The Bertz CT molecular complexity index is 1260. The minimum Gasteiger partial charge on any atom is -0.507 e. The molecule has 0 aliphatic carbocycles. The molecule has 2 aromatic carbocycles. The van der Waals surface area contributed by atoms with E-state index in [0.717, 1.165) is 10.6 Å². The number of Topliss-reactive ketones (excluding diaryl/α,β-unsaturated/α-hetero) is 1. The molecule has 4 rings (SSSR count). The van der Waals surface area contributed by atoms with Crippen molar-refractivity contribution in [3.8, 4) is 11.5 Å². The van der Waals surface area contributed by atoms with Gasteiger partial charge in [0.2, 0.25) is 0 Å². The van der Waals surface area contributed by atoms with Gasteiger partial charge in [0.25, 0.3) is 5.78 Å². The molecule has 0 radical (unpaired) electrons. The first-order valence-corrected chi connectivity index (χ1v) is 10.8. The third kappa shape index (κ3) is 3.84. The summed E-state index contributed by atoms with van der Waals surface area (Å²) in [6.45, 7) is 3.68. The molecule has 0 bridgehead atoms. The number of amides is 1. The number of thiazole rings is 1. The van der Waals surface area contributed by atoms with Crippen molar-refractivity contribution >= 4 is 33.9 Å². The summed E-state index contributed by atoms with van der Waals surface area (Å²) in [5, 5.41) is 11.4. The molecule has 1 amide bonds. The lowest BCUT2D eigenvalue weighted by Gasteiger charge is -2.25. The summed E-state index contributed by atoms with van der Waals surface area (Å²) >= 11 is 1.27. The van der Waals surface area contributed by atoms with Crippen LogP contribution >= 0.6 is 11.3 Å². The molecular weight excluding hydrogens is 447 g/mol. The number of anilines is 1. The van der Waals surface area contributed by atoms with E-state index in [1.807, 2.05) is 13.8 Å². The van der Waals surface area contributed by atoms with Crippen molar-refractivity contribution < 1.29 is 28.6 Å². The van der Waals surface area contributed by atoms with E-state index < -0.39 is 29.3 Å². The predicted molar refractivity (Wildman–Crippen MR) is 122 cm³/mol. The van der Waals surface area contributed by atoms with Gasteiger partial charge in [0.15, 0.2) is 5.13 Å². The van der Waals surface area contributed by atoms with E-state index in [-0.39, 0.29) is 11.1 Å². The van der Waals surface area contributed by atoms with E-state index in [4.69, 9.17) is 9.47 Å². The number of halogens is 1. The first-order chi connectivity index (χ1) is 15.8. The second-order valence-corrected chi connectivity index (χ2v) is 8.60. The molecule has 9 heteroatoms. The molecule has 33 heavy (non-hydrogen) atoms. The number of hydrogen-bond donors (Lipinski definition) is 1. The fraction of sp³-hybridized carbons (Fsp3) is 0.208. The Labute approximate surface area is 193 Å². The van der Waals surface area contributed by atoms with Gasteiger partial charge in [0.05, 0.1) is 25.5 Å². The van der Waals surface area contributed by atoms with Crippen LogP contribution < -0.4 is 14.4 Å². The molecule has 2 heterocycles. The summed E-state index contributed by atoms with van der Waals surface area (Å²) in [5.74, 6) is -1.76. The smallest absolute Gasteiger partial charge is 0.301 e. The van der Waals surface area contributed by atoms with Gasteiger partial charge in [-0.05, 0) is 56.3 Å². The summed E-state index contributed by atoms with van der Waals surface area (Å²) < 4.78 is 24.3. The van der Waals surface area contributed by atoms with Crippen molar-refractivity contribution in [1.82, 2.24) is 4.98 Å². The van der Waals surface area contributed by atoms with Crippen molar-refractivity contribution in [1.29, 1.82) is 0 Å². The minimum atomic E-state index is -1.04. The fourth-order valence-electron chi connectivity index (χ4n) is 3.70. The standard InChI is InChI=1S/C24H21FN2O5S/c1-12-13(2)33-24(26-12)27-20(17-11-16(31-3)9-10-18(17)32-4)19(22(29)23(27)30)21(28)14-5-7-15(25)8-6-14/h5-11,20,28H,1-4H3. The maximum Gasteiger partial charge on any atom is 0.301 e. The van der Waals surface area contributed by atoms with Gasteiger partial charge in [-0.1, -0.05) is 0 Å². The molecule has 7 nitrogen and oxygen atoms in total. The molecule has 1 aliphatic rings. The summed E-state index contributed by atoms with van der Waals surface area (Å²) in [6, 6.07) is 8.97. The SMILES string of the molecule is COc1ccc(OC)c(C2C(=C(O)c3ccc(F)cc3)C(=O)C(=O)N2c2nc(C)c(C)s2)c1. The number of aliphatic hydroxyl groups excluding tert-OH is 1. The Balaban J connectivity index is 2.01. The number of methoxy groups -OCH3 is 2. The third-order valence-electron chi connectivity index (χ3n) is 5.52. The molecule has 1 saturated heterocycles. The van der Waals surface area contributed by atoms with Gasteiger partial charge in [-0.15, -0.1) is 11.3 Å². The largest absolute Gasteiger partial charge is 0.507 e. The number of aryl methyl sites for hydroxylation is 2.